The van der Waals surface area contributed by atoms with Gasteiger partial charge >= 0.3 is 5.97 Å². The zero-order valence-electron chi connectivity index (χ0n) is 18.1. The fourth-order valence-electron chi connectivity index (χ4n) is 4.03. The Morgan fingerprint density at radius 2 is 1.91 bits per heavy atom. The Morgan fingerprint density at radius 1 is 1.12 bits per heavy atom. The lowest BCUT2D eigenvalue weighted by molar-refractivity contribution is 0.0524. The summed E-state index contributed by atoms with van der Waals surface area (Å²) in [5.74, 6) is -0.715. The van der Waals surface area contributed by atoms with Crippen LogP contribution in [0.2, 0.25) is 0 Å². The van der Waals surface area contributed by atoms with Crippen molar-refractivity contribution >= 4 is 39.1 Å². The van der Waals surface area contributed by atoms with Crippen molar-refractivity contribution in [1.29, 1.82) is 0 Å². The molecule has 33 heavy (non-hydrogen) atoms. The number of amides is 1. The smallest absolute Gasteiger partial charge is 0.341 e. The summed E-state index contributed by atoms with van der Waals surface area (Å²) in [4.78, 5) is 32.0. The standard InChI is InChI=1S/C26H22N2O4S/c1-2-32-26(30)23-18-12-13-31-15-22(18)33-25(23)28-24(29)19-14-21(16-8-4-3-5-9-16)27-20-11-7-6-10-17(19)20/h3-11,14H,2,12-13,15H2,1H3,(H,28,29). The molecule has 166 valence electrons. The topological polar surface area (TPSA) is 77.5 Å². The maximum atomic E-state index is 13.5. The normalized spacial score (nSPS) is 12.9. The number of thiophene rings is 1. The van der Waals surface area contributed by atoms with Gasteiger partial charge < -0.3 is 14.8 Å². The van der Waals surface area contributed by atoms with Crippen molar-refractivity contribution in [2.45, 2.75) is 20.0 Å². The van der Waals surface area contributed by atoms with Crippen LogP contribution in [-0.2, 0) is 22.5 Å². The van der Waals surface area contributed by atoms with E-state index in [0.717, 1.165) is 26.9 Å². The number of rotatable bonds is 5. The van der Waals surface area contributed by atoms with Crippen LogP contribution in [0.3, 0.4) is 0 Å². The summed E-state index contributed by atoms with van der Waals surface area (Å²) in [6.07, 6.45) is 0.617. The third-order valence-corrected chi connectivity index (χ3v) is 6.68. The van der Waals surface area contributed by atoms with Gasteiger partial charge in [0.05, 0.1) is 42.2 Å². The second kappa shape index (κ2) is 9.13. The molecule has 1 aliphatic heterocycles. The van der Waals surface area contributed by atoms with Crippen molar-refractivity contribution in [3.63, 3.8) is 0 Å². The molecule has 0 saturated carbocycles. The summed E-state index contributed by atoms with van der Waals surface area (Å²) in [5.41, 5.74) is 4.21. The molecule has 5 rings (SSSR count). The molecular weight excluding hydrogens is 436 g/mol. The molecule has 0 bridgehead atoms. The second-order valence-corrected chi connectivity index (χ2v) is 8.73. The van der Waals surface area contributed by atoms with E-state index in [1.165, 1.54) is 11.3 Å². The number of pyridine rings is 1. The number of esters is 1. The van der Waals surface area contributed by atoms with E-state index < -0.39 is 5.97 Å². The average Bonchev–Trinajstić information content (AvgIpc) is 3.21. The monoisotopic (exact) mass is 458 g/mol. The highest BCUT2D eigenvalue weighted by atomic mass is 32.1. The minimum Gasteiger partial charge on any atom is -0.462 e. The number of carbonyl (C=O) groups is 2. The quantitative estimate of drug-likeness (QED) is 0.402. The number of ether oxygens (including phenoxy) is 2. The molecule has 4 aromatic rings. The Labute approximate surface area is 195 Å². The number of anilines is 1. The van der Waals surface area contributed by atoms with Crippen LogP contribution in [0.1, 0.15) is 38.1 Å². The van der Waals surface area contributed by atoms with E-state index in [-0.39, 0.29) is 12.5 Å². The van der Waals surface area contributed by atoms with Gasteiger partial charge in [0.15, 0.2) is 0 Å². The van der Waals surface area contributed by atoms with Gasteiger partial charge in [-0.3, -0.25) is 4.79 Å². The lowest BCUT2D eigenvalue weighted by Crippen LogP contribution is -2.17. The predicted octanol–water partition coefficient (Wildman–Crippen LogP) is 5.47. The van der Waals surface area contributed by atoms with Gasteiger partial charge in [0.25, 0.3) is 5.91 Å². The van der Waals surface area contributed by atoms with E-state index in [9.17, 15) is 9.59 Å². The molecule has 0 saturated heterocycles. The van der Waals surface area contributed by atoms with Gasteiger partial charge in [-0.25, -0.2) is 9.78 Å². The number of fused-ring (bicyclic) bond motifs is 2. The zero-order chi connectivity index (χ0) is 22.8. The number of para-hydroxylation sites is 1. The highest BCUT2D eigenvalue weighted by molar-refractivity contribution is 7.17. The van der Waals surface area contributed by atoms with Crippen LogP contribution >= 0.6 is 11.3 Å². The summed E-state index contributed by atoms with van der Waals surface area (Å²) in [6.45, 7) is 3.01. The van der Waals surface area contributed by atoms with E-state index >= 15 is 0 Å². The van der Waals surface area contributed by atoms with E-state index in [1.807, 2.05) is 54.6 Å². The summed E-state index contributed by atoms with van der Waals surface area (Å²) in [5, 5.41) is 4.23. The average molecular weight is 459 g/mol. The molecule has 2 aromatic carbocycles. The molecule has 0 atom stereocenters. The summed E-state index contributed by atoms with van der Waals surface area (Å²) >= 11 is 1.37. The highest BCUT2D eigenvalue weighted by Crippen LogP contribution is 2.37. The van der Waals surface area contributed by atoms with Crippen molar-refractivity contribution in [1.82, 2.24) is 4.98 Å². The van der Waals surface area contributed by atoms with E-state index in [1.54, 1.807) is 13.0 Å². The van der Waals surface area contributed by atoms with E-state index in [0.29, 0.717) is 41.5 Å². The van der Waals surface area contributed by atoms with Crippen molar-refractivity contribution < 1.29 is 19.1 Å². The molecule has 3 heterocycles. The van der Waals surface area contributed by atoms with Gasteiger partial charge in [-0.1, -0.05) is 48.5 Å². The Bertz CT molecular complexity index is 1350. The summed E-state index contributed by atoms with van der Waals surface area (Å²) < 4.78 is 10.8. The third-order valence-electron chi connectivity index (χ3n) is 5.56. The molecule has 6 nitrogen and oxygen atoms in total. The molecule has 1 N–H and O–H groups in total. The van der Waals surface area contributed by atoms with E-state index in [2.05, 4.69) is 5.32 Å². The minimum absolute atomic E-state index is 0.267. The number of nitrogens with zero attached hydrogens (tertiary/aromatic N) is 1. The zero-order valence-corrected chi connectivity index (χ0v) is 18.9. The molecule has 0 aliphatic carbocycles. The van der Waals surface area contributed by atoms with Crippen LogP contribution in [0.4, 0.5) is 5.00 Å². The molecule has 7 heteroatoms. The Hall–Kier alpha value is -3.55. The van der Waals surface area contributed by atoms with Crippen LogP contribution in [0, 0.1) is 0 Å². The van der Waals surface area contributed by atoms with Gasteiger partial charge in [-0.2, -0.15) is 0 Å². The number of benzene rings is 2. The molecule has 1 aliphatic rings. The largest absolute Gasteiger partial charge is 0.462 e. The van der Waals surface area contributed by atoms with Crippen LogP contribution in [0.15, 0.2) is 60.7 Å². The fourth-order valence-corrected chi connectivity index (χ4v) is 5.20. The van der Waals surface area contributed by atoms with Gasteiger partial charge in [0.1, 0.15) is 5.00 Å². The van der Waals surface area contributed by atoms with Crippen LogP contribution in [0.25, 0.3) is 22.2 Å². The molecule has 2 aromatic heterocycles. The highest BCUT2D eigenvalue weighted by Gasteiger charge is 2.28. The van der Waals surface area contributed by atoms with Crippen molar-refractivity contribution in [2.24, 2.45) is 0 Å². The van der Waals surface area contributed by atoms with E-state index in [4.69, 9.17) is 14.5 Å². The van der Waals surface area contributed by atoms with Crippen LogP contribution in [-0.4, -0.2) is 30.1 Å². The van der Waals surface area contributed by atoms with Crippen LogP contribution < -0.4 is 5.32 Å². The molecule has 1 amide bonds. The number of hydrogen-bond donors (Lipinski definition) is 1. The molecule has 0 fully saturated rings. The Balaban J connectivity index is 1.58. The summed E-state index contributed by atoms with van der Waals surface area (Å²) in [7, 11) is 0. The molecule has 0 spiro atoms. The first-order chi connectivity index (χ1) is 16.2. The second-order valence-electron chi connectivity index (χ2n) is 7.62. The third kappa shape index (κ3) is 4.13. The lowest BCUT2D eigenvalue weighted by Gasteiger charge is -2.13. The van der Waals surface area contributed by atoms with Gasteiger partial charge in [-0.15, -0.1) is 11.3 Å². The maximum Gasteiger partial charge on any atom is 0.341 e. The Morgan fingerprint density at radius 3 is 2.73 bits per heavy atom. The summed E-state index contributed by atoms with van der Waals surface area (Å²) in [6, 6.07) is 19.1. The number of carbonyl (C=O) groups excluding carboxylic acids is 2. The number of hydrogen-bond acceptors (Lipinski definition) is 6. The maximum absolute atomic E-state index is 13.5. The fraction of sp³-hybridized carbons (Fsp3) is 0.192. The van der Waals surface area contributed by atoms with Gasteiger partial charge in [0.2, 0.25) is 0 Å². The number of aromatic nitrogens is 1. The lowest BCUT2D eigenvalue weighted by atomic mass is 10.0. The first-order valence-corrected chi connectivity index (χ1v) is 11.6. The van der Waals surface area contributed by atoms with Crippen molar-refractivity contribution in [3.05, 3.63) is 82.2 Å². The molecule has 0 radical (unpaired) electrons. The first kappa shape index (κ1) is 21.3. The predicted molar refractivity (Wildman–Crippen MR) is 129 cm³/mol. The SMILES string of the molecule is CCOC(=O)c1c(NC(=O)c2cc(-c3ccccc3)nc3ccccc23)sc2c1CCOC2. The molecular formula is C26H22N2O4S. The van der Waals surface area contributed by atoms with Crippen LogP contribution in [0.5, 0.6) is 0 Å². The number of nitrogens with one attached hydrogen (secondary N) is 1. The van der Waals surface area contributed by atoms with Gasteiger partial charge in [0, 0.05) is 15.8 Å². The Kier molecular flexibility index (Phi) is 5.90. The van der Waals surface area contributed by atoms with Gasteiger partial charge in [-0.05, 0) is 31.0 Å². The molecule has 0 unspecified atom stereocenters. The van der Waals surface area contributed by atoms with Crippen molar-refractivity contribution in [2.75, 3.05) is 18.5 Å². The minimum atomic E-state index is -0.420. The first-order valence-electron chi connectivity index (χ1n) is 10.8. The van der Waals surface area contributed by atoms with Crippen molar-refractivity contribution in [3.8, 4) is 11.3 Å².